The minimum Gasteiger partial charge on any atom is -0.383 e. The van der Waals surface area contributed by atoms with Gasteiger partial charge in [0.2, 0.25) is 0 Å². The van der Waals surface area contributed by atoms with Crippen LogP contribution in [0.15, 0.2) is 0 Å². The molecule has 0 radical (unpaired) electrons. The third-order valence-corrected chi connectivity index (χ3v) is 2.64. The molecule has 1 saturated carbocycles. The predicted octanol–water partition coefficient (Wildman–Crippen LogP) is 1.80. The molecule has 2 heteroatoms. The quantitative estimate of drug-likeness (QED) is 0.637. The monoisotopic (exact) mass is 171 g/mol. The Morgan fingerprint density at radius 3 is 2.67 bits per heavy atom. The number of ether oxygens (including phenoxy) is 1. The van der Waals surface area contributed by atoms with Gasteiger partial charge in [0.15, 0.2) is 0 Å². The summed E-state index contributed by atoms with van der Waals surface area (Å²) in [6.45, 7) is 3.04. The zero-order valence-corrected chi connectivity index (χ0v) is 8.14. The summed E-state index contributed by atoms with van der Waals surface area (Å²) in [5.41, 5.74) is 0. The van der Waals surface area contributed by atoms with E-state index in [0.29, 0.717) is 0 Å². The van der Waals surface area contributed by atoms with Crippen molar-refractivity contribution in [3.63, 3.8) is 0 Å². The first kappa shape index (κ1) is 10.0. The van der Waals surface area contributed by atoms with E-state index in [-0.39, 0.29) is 0 Å². The zero-order chi connectivity index (χ0) is 8.65. The molecule has 1 N–H and O–H groups in total. The fourth-order valence-electron chi connectivity index (χ4n) is 1.87. The lowest BCUT2D eigenvalue weighted by molar-refractivity contribution is 0.196. The minimum absolute atomic E-state index is 0.840. The number of methoxy groups -OCH3 is 1. The van der Waals surface area contributed by atoms with Gasteiger partial charge in [0.05, 0.1) is 6.61 Å². The highest BCUT2D eigenvalue weighted by atomic mass is 16.5. The van der Waals surface area contributed by atoms with Crippen molar-refractivity contribution in [1.29, 1.82) is 0 Å². The maximum absolute atomic E-state index is 4.97. The second kappa shape index (κ2) is 6.44. The fraction of sp³-hybridized carbons (Fsp3) is 1.00. The molecule has 0 atom stereocenters. The number of rotatable bonds is 5. The van der Waals surface area contributed by atoms with Gasteiger partial charge in [-0.3, -0.25) is 0 Å². The molecule has 0 amide bonds. The molecular formula is C10H21NO. The van der Waals surface area contributed by atoms with Gasteiger partial charge in [0, 0.05) is 13.7 Å². The second-order valence-corrected chi connectivity index (χ2v) is 3.70. The molecule has 72 valence electrons. The van der Waals surface area contributed by atoms with E-state index < -0.39 is 0 Å². The van der Waals surface area contributed by atoms with Crippen LogP contribution in [-0.4, -0.2) is 26.8 Å². The lowest BCUT2D eigenvalue weighted by atomic mass is 9.89. The van der Waals surface area contributed by atoms with Crippen molar-refractivity contribution in [2.45, 2.75) is 32.1 Å². The first-order valence-electron chi connectivity index (χ1n) is 5.13. The topological polar surface area (TPSA) is 21.3 Å². The molecule has 1 fully saturated rings. The van der Waals surface area contributed by atoms with E-state index >= 15 is 0 Å². The van der Waals surface area contributed by atoms with E-state index in [1.54, 1.807) is 7.11 Å². The molecular weight excluding hydrogens is 150 g/mol. The summed E-state index contributed by atoms with van der Waals surface area (Å²) in [6.07, 6.45) is 7.20. The molecule has 0 bridgehead atoms. The molecule has 0 aromatic heterocycles. The standard InChI is InChI=1S/C10H21NO/c1-12-8-7-11-9-10-5-3-2-4-6-10/h10-11H,2-9H2,1H3. The zero-order valence-electron chi connectivity index (χ0n) is 8.14. The molecule has 0 heterocycles. The normalized spacial score (nSPS) is 19.8. The average molecular weight is 171 g/mol. The highest BCUT2D eigenvalue weighted by Gasteiger charge is 2.11. The van der Waals surface area contributed by atoms with Gasteiger partial charge in [-0.1, -0.05) is 19.3 Å². The molecule has 0 unspecified atom stereocenters. The highest BCUT2D eigenvalue weighted by Crippen LogP contribution is 2.22. The van der Waals surface area contributed by atoms with Crippen LogP contribution in [0.1, 0.15) is 32.1 Å². The smallest absolute Gasteiger partial charge is 0.0587 e. The molecule has 2 nitrogen and oxygen atoms in total. The Kier molecular flexibility index (Phi) is 5.37. The van der Waals surface area contributed by atoms with Gasteiger partial charge in [0.1, 0.15) is 0 Å². The molecule has 0 saturated heterocycles. The molecule has 1 rings (SSSR count). The number of hydrogen-bond acceptors (Lipinski definition) is 2. The summed E-state index contributed by atoms with van der Waals surface area (Å²) in [4.78, 5) is 0. The molecule has 0 aliphatic heterocycles. The van der Waals surface area contributed by atoms with Crippen LogP contribution < -0.4 is 5.32 Å². The van der Waals surface area contributed by atoms with Crippen LogP contribution in [-0.2, 0) is 4.74 Å². The van der Waals surface area contributed by atoms with Crippen LogP contribution in [0.5, 0.6) is 0 Å². The largest absolute Gasteiger partial charge is 0.383 e. The molecule has 0 aromatic rings. The van der Waals surface area contributed by atoms with Crippen molar-refractivity contribution in [2.75, 3.05) is 26.8 Å². The predicted molar refractivity (Wildman–Crippen MR) is 51.3 cm³/mol. The van der Waals surface area contributed by atoms with Gasteiger partial charge in [-0.25, -0.2) is 0 Å². The van der Waals surface area contributed by atoms with Crippen molar-refractivity contribution in [3.05, 3.63) is 0 Å². The Morgan fingerprint density at radius 2 is 2.00 bits per heavy atom. The van der Waals surface area contributed by atoms with Crippen molar-refractivity contribution >= 4 is 0 Å². The van der Waals surface area contributed by atoms with Crippen LogP contribution in [0.2, 0.25) is 0 Å². The van der Waals surface area contributed by atoms with E-state index in [0.717, 1.165) is 19.1 Å². The number of nitrogens with one attached hydrogen (secondary N) is 1. The SMILES string of the molecule is COCCNCC1CCCCC1. The maximum Gasteiger partial charge on any atom is 0.0587 e. The third-order valence-electron chi connectivity index (χ3n) is 2.64. The molecule has 12 heavy (non-hydrogen) atoms. The van der Waals surface area contributed by atoms with E-state index in [4.69, 9.17) is 4.74 Å². The van der Waals surface area contributed by atoms with Crippen LogP contribution in [0.3, 0.4) is 0 Å². The second-order valence-electron chi connectivity index (χ2n) is 3.70. The van der Waals surface area contributed by atoms with Crippen molar-refractivity contribution < 1.29 is 4.74 Å². The summed E-state index contributed by atoms with van der Waals surface area (Å²) in [6, 6.07) is 0. The van der Waals surface area contributed by atoms with Crippen molar-refractivity contribution in [3.8, 4) is 0 Å². The minimum atomic E-state index is 0.840. The lowest BCUT2D eigenvalue weighted by Gasteiger charge is -2.21. The fourth-order valence-corrected chi connectivity index (χ4v) is 1.87. The van der Waals surface area contributed by atoms with E-state index in [1.165, 1.54) is 38.6 Å². The van der Waals surface area contributed by atoms with E-state index in [9.17, 15) is 0 Å². The summed E-state index contributed by atoms with van der Waals surface area (Å²) >= 11 is 0. The Balaban J connectivity index is 1.91. The van der Waals surface area contributed by atoms with Crippen molar-refractivity contribution in [2.24, 2.45) is 5.92 Å². The molecule has 1 aliphatic carbocycles. The van der Waals surface area contributed by atoms with Gasteiger partial charge in [0.25, 0.3) is 0 Å². The first-order valence-corrected chi connectivity index (χ1v) is 5.13. The lowest BCUT2D eigenvalue weighted by Crippen LogP contribution is -2.27. The van der Waals surface area contributed by atoms with Gasteiger partial charge >= 0.3 is 0 Å². The van der Waals surface area contributed by atoms with E-state index in [1.807, 2.05) is 0 Å². The van der Waals surface area contributed by atoms with E-state index in [2.05, 4.69) is 5.32 Å². The van der Waals surface area contributed by atoms with Crippen LogP contribution >= 0.6 is 0 Å². The van der Waals surface area contributed by atoms with Crippen LogP contribution in [0.4, 0.5) is 0 Å². The summed E-state index contributed by atoms with van der Waals surface area (Å²) in [5, 5.41) is 3.43. The Hall–Kier alpha value is -0.0800. The Bertz CT molecular complexity index is 100. The van der Waals surface area contributed by atoms with Crippen molar-refractivity contribution in [1.82, 2.24) is 5.32 Å². The number of hydrogen-bond donors (Lipinski definition) is 1. The molecule has 0 spiro atoms. The Morgan fingerprint density at radius 1 is 1.25 bits per heavy atom. The van der Waals surface area contributed by atoms with Gasteiger partial charge in [-0.2, -0.15) is 0 Å². The van der Waals surface area contributed by atoms with Crippen LogP contribution in [0.25, 0.3) is 0 Å². The van der Waals surface area contributed by atoms with Crippen LogP contribution in [0, 0.1) is 5.92 Å². The van der Waals surface area contributed by atoms with Gasteiger partial charge in [-0.15, -0.1) is 0 Å². The molecule has 0 aromatic carbocycles. The van der Waals surface area contributed by atoms with Gasteiger partial charge < -0.3 is 10.1 Å². The first-order chi connectivity index (χ1) is 5.93. The Labute approximate surface area is 75.7 Å². The highest BCUT2D eigenvalue weighted by molar-refractivity contribution is 4.67. The summed E-state index contributed by atoms with van der Waals surface area (Å²) in [5.74, 6) is 0.940. The average Bonchev–Trinajstić information content (AvgIpc) is 2.14. The summed E-state index contributed by atoms with van der Waals surface area (Å²) in [7, 11) is 1.75. The summed E-state index contributed by atoms with van der Waals surface area (Å²) < 4.78 is 4.97. The molecule has 1 aliphatic rings. The third kappa shape index (κ3) is 4.07. The maximum atomic E-state index is 4.97. The van der Waals surface area contributed by atoms with Gasteiger partial charge in [-0.05, 0) is 25.3 Å².